The lowest BCUT2D eigenvalue weighted by Crippen LogP contribution is -2.52. The number of benzene rings is 2. The van der Waals surface area contributed by atoms with E-state index in [1.54, 1.807) is 43.4 Å². The molecule has 0 N–H and O–H groups in total. The summed E-state index contributed by atoms with van der Waals surface area (Å²) >= 11 is 0. The molecule has 174 valence electrons. The molecule has 0 aromatic heterocycles. The Bertz CT molecular complexity index is 1030. The van der Waals surface area contributed by atoms with Crippen molar-refractivity contribution in [3.63, 3.8) is 0 Å². The first-order chi connectivity index (χ1) is 15.2. The predicted octanol–water partition coefficient (Wildman–Crippen LogP) is 1.98. The molecule has 0 radical (unpaired) electrons. The zero-order chi connectivity index (χ0) is 23.3. The Morgan fingerprint density at radius 2 is 1.59 bits per heavy atom. The van der Waals surface area contributed by atoms with Crippen molar-refractivity contribution in [1.82, 2.24) is 14.1 Å². The van der Waals surface area contributed by atoms with Crippen molar-refractivity contribution in [2.75, 3.05) is 54.0 Å². The van der Waals surface area contributed by atoms with Gasteiger partial charge in [-0.2, -0.15) is 4.31 Å². The van der Waals surface area contributed by atoms with E-state index < -0.39 is 10.0 Å². The van der Waals surface area contributed by atoms with Crippen molar-refractivity contribution in [1.29, 1.82) is 0 Å². The number of aryl methyl sites for hydroxylation is 1. The van der Waals surface area contributed by atoms with Gasteiger partial charge in [-0.15, -0.1) is 0 Å². The fourth-order valence-electron chi connectivity index (χ4n) is 3.71. The first-order valence-corrected chi connectivity index (χ1v) is 11.9. The van der Waals surface area contributed by atoms with Crippen LogP contribution in [0.2, 0.25) is 0 Å². The fraction of sp³-hybridized carbons (Fsp3) is 0.435. The second-order valence-electron chi connectivity index (χ2n) is 7.96. The monoisotopic (exact) mass is 461 g/mol. The second kappa shape index (κ2) is 10.3. The summed E-state index contributed by atoms with van der Waals surface area (Å²) in [5.41, 5.74) is 2.02. The maximum atomic E-state index is 12.8. The highest BCUT2D eigenvalue weighted by atomic mass is 32.2. The van der Waals surface area contributed by atoms with Crippen LogP contribution in [-0.4, -0.2) is 82.4 Å². The molecule has 8 nitrogen and oxygen atoms in total. The van der Waals surface area contributed by atoms with Crippen molar-refractivity contribution >= 4 is 15.9 Å². The smallest absolute Gasteiger partial charge is 0.243 e. The molecule has 0 spiro atoms. The molecule has 1 heterocycles. The molecule has 0 atom stereocenters. The van der Waals surface area contributed by atoms with Crippen LogP contribution in [0.5, 0.6) is 11.5 Å². The minimum Gasteiger partial charge on any atom is -0.493 e. The lowest BCUT2D eigenvalue weighted by molar-refractivity contribution is -0.133. The van der Waals surface area contributed by atoms with Crippen LogP contribution in [0.25, 0.3) is 0 Å². The number of carbonyl (C=O) groups is 1. The standard InChI is InChI=1S/C23H31N3O5S/c1-18-5-8-20(9-6-18)32(28,29)26-13-11-25(12-14-26)23(27)17-24(2)16-19-7-10-21(30-3)22(15-19)31-4/h5-10,15H,11-14,16-17H2,1-4H3. The zero-order valence-electron chi connectivity index (χ0n) is 19.1. The van der Waals surface area contributed by atoms with E-state index in [9.17, 15) is 13.2 Å². The van der Waals surface area contributed by atoms with Crippen LogP contribution < -0.4 is 9.47 Å². The molecule has 0 bridgehead atoms. The number of ether oxygens (including phenoxy) is 2. The Balaban J connectivity index is 1.53. The Kier molecular flexibility index (Phi) is 7.76. The minimum absolute atomic E-state index is 0.0136. The molecule has 1 amide bonds. The minimum atomic E-state index is -3.54. The predicted molar refractivity (Wildman–Crippen MR) is 122 cm³/mol. The summed E-state index contributed by atoms with van der Waals surface area (Å²) in [7, 11) is 1.52. The van der Waals surface area contributed by atoms with Gasteiger partial charge in [0.1, 0.15) is 0 Å². The van der Waals surface area contributed by atoms with Crippen molar-refractivity contribution in [2.45, 2.75) is 18.4 Å². The highest BCUT2D eigenvalue weighted by molar-refractivity contribution is 7.89. The number of methoxy groups -OCH3 is 2. The molecular formula is C23H31N3O5S. The second-order valence-corrected chi connectivity index (χ2v) is 9.90. The number of carbonyl (C=O) groups excluding carboxylic acids is 1. The number of nitrogens with zero attached hydrogens (tertiary/aromatic N) is 3. The number of hydrogen-bond acceptors (Lipinski definition) is 6. The molecule has 1 aliphatic heterocycles. The molecule has 1 aliphatic rings. The van der Waals surface area contributed by atoms with E-state index in [1.165, 1.54) is 4.31 Å². The zero-order valence-corrected chi connectivity index (χ0v) is 19.9. The van der Waals surface area contributed by atoms with Gasteiger partial charge in [-0.25, -0.2) is 8.42 Å². The maximum absolute atomic E-state index is 12.8. The average Bonchev–Trinajstić information content (AvgIpc) is 2.79. The van der Waals surface area contributed by atoms with Gasteiger partial charge in [0, 0.05) is 32.7 Å². The van der Waals surface area contributed by atoms with Crippen LogP contribution in [-0.2, 0) is 21.4 Å². The van der Waals surface area contributed by atoms with Crippen molar-refractivity contribution in [2.24, 2.45) is 0 Å². The summed E-state index contributed by atoms with van der Waals surface area (Å²) in [4.78, 5) is 16.7. The Morgan fingerprint density at radius 3 is 2.19 bits per heavy atom. The van der Waals surface area contributed by atoms with Gasteiger partial charge < -0.3 is 14.4 Å². The summed E-state index contributed by atoms with van der Waals surface area (Å²) < 4.78 is 37.7. The normalized spacial score (nSPS) is 15.1. The number of likely N-dealkylation sites (N-methyl/N-ethyl adjacent to an activating group) is 1. The molecule has 2 aromatic rings. The number of piperazine rings is 1. The average molecular weight is 462 g/mol. The van der Waals surface area contributed by atoms with Crippen LogP contribution >= 0.6 is 0 Å². The van der Waals surface area contributed by atoms with Gasteiger partial charge in [-0.05, 0) is 43.8 Å². The first kappa shape index (κ1) is 24.0. The van der Waals surface area contributed by atoms with E-state index in [0.717, 1.165) is 11.1 Å². The van der Waals surface area contributed by atoms with E-state index in [0.29, 0.717) is 44.2 Å². The number of sulfonamides is 1. The Hall–Kier alpha value is -2.62. The van der Waals surface area contributed by atoms with Gasteiger partial charge in [0.05, 0.1) is 25.7 Å². The van der Waals surface area contributed by atoms with Crippen molar-refractivity contribution < 1.29 is 22.7 Å². The van der Waals surface area contributed by atoms with E-state index in [-0.39, 0.29) is 17.3 Å². The largest absolute Gasteiger partial charge is 0.493 e. The molecule has 0 saturated carbocycles. The molecule has 2 aromatic carbocycles. The summed E-state index contributed by atoms with van der Waals surface area (Å²) in [6.07, 6.45) is 0. The quantitative estimate of drug-likeness (QED) is 0.598. The number of rotatable bonds is 8. The summed E-state index contributed by atoms with van der Waals surface area (Å²) in [6, 6.07) is 12.5. The Morgan fingerprint density at radius 1 is 0.969 bits per heavy atom. The fourth-order valence-corrected chi connectivity index (χ4v) is 5.14. The topological polar surface area (TPSA) is 79.4 Å². The van der Waals surface area contributed by atoms with Crippen LogP contribution in [0, 0.1) is 6.92 Å². The van der Waals surface area contributed by atoms with Crippen LogP contribution in [0.3, 0.4) is 0 Å². The first-order valence-electron chi connectivity index (χ1n) is 10.5. The highest BCUT2D eigenvalue weighted by Crippen LogP contribution is 2.28. The summed E-state index contributed by atoms with van der Waals surface area (Å²) in [5, 5.41) is 0. The van der Waals surface area contributed by atoms with Crippen molar-refractivity contribution in [3.05, 3.63) is 53.6 Å². The van der Waals surface area contributed by atoms with E-state index in [1.807, 2.05) is 37.1 Å². The molecule has 9 heteroatoms. The SMILES string of the molecule is COc1ccc(CN(C)CC(=O)N2CCN(S(=O)(=O)c3ccc(C)cc3)CC2)cc1OC. The third-order valence-electron chi connectivity index (χ3n) is 5.56. The third-order valence-corrected chi connectivity index (χ3v) is 7.47. The van der Waals surface area contributed by atoms with E-state index in [2.05, 4.69) is 0 Å². The van der Waals surface area contributed by atoms with Crippen LogP contribution in [0.15, 0.2) is 47.4 Å². The summed E-state index contributed by atoms with van der Waals surface area (Å²) in [5.74, 6) is 1.30. The van der Waals surface area contributed by atoms with Gasteiger partial charge in [0.25, 0.3) is 0 Å². The third kappa shape index (κ3) is 5.59. The van der Waals surface area contributed by atoms with Gasteiger partial charge in [0.2, 0.25) is 15.9 Å². The molecule has 32 heavy (non-hydrogen) atoms. The molecule has 3 rings (SSSR count). The van der Waals surface area contributed by atoms with Gasteiger partial charge in [-0.1, -0.05) is 23.8 Å². The number of amides is 1. The van der Waals surface area contributed by atoms with Crippen molar-refractivity contribution in [3.8, 4) is 11.5 Å². The molecule has 1 fully saturated rings. The summed E-state index contributed by atoms with van der Waals surface area (Å²) in [6.45, 7) is 4.10. The van der Waals surface area contributed by atoms with Crippen LogP contribution in [0.4, 0.5) is 0 Å². The molecule has 1 saturated heterocycles. The van der Waals surface area contributed by atoms with Crippen LogP contribution in [0.1, 0.15) is 11.1 Å². The molecule has 0 unspecified atom stereocenters. The Labute approximate surface area is 190 Å². The highest BCUT2D eigenvalue weighted by Gasteiger charge is 2.30. The van der Waals surface area contributed by atoms with Gasteiger partial charge in [-0.3, -0.25) is 9.69 Å². The van der Waals surface area contributed by atoms with E-state index in [4.69, 9.17) is 9.47 Å². The molecular weight excluding hydrogens is 430 g/mol. The van der Waals surface area contributed by atoms with Gasteiger partial charge in [0.15, 0.2) is 11.5 Å². The van der Waals surface area contributed by atoms with E-state index >= 15 is 0 Å². The lowest BCUT2D eigenvalue weighted by atomic mass is 10.2. The molecule has 0 aliphatic carbocycles. The number of hydrogen-bond donors (Lipinski definition) is 0. The maximum Gasteiger partial charge on any atom is 0.243 e. The van der Waals surface area contributed by atoms with Gasteiger partial charge >= 0.3 is 0 Å². The lowest BCUT2D eigenvalue weighted by Gasteiger charge is -2.34.